The number of rotatable bonds is 9. The third-order valence-corrected chi connectivity index (χ3v) is 8.46. The quantitative estimate of drug-likeness (QED) is 0.133. The van der Waals surface area contributed by atoms with E-state index in [9.17, 15) is 40.2 Å². The Morgan fingerprint density at radius 3 is 2.37 bits per heavy atom. The summed E-state index contributed by atoms with van der Waals surface area (Å²) >= 11 is 0. The average Bonchev–Trinajstić information content (AvgIpc) is 3.29. The van der Waals surface area contributed by atoms with Crippen molar-refractivity contribution in [3.05, 3.63) is 36.3 Å². The summed E-state index contributed by atoms with van der Waals surface area (Å²) in [7, 11) is 1.24. The summed E-state index contributed by atoms with van der Waals surface area (Å²) in [4.78, 5) is 25.7. The van der Waals surface area contributed by atoms with Gasteiger partial charge < -0.3 is 59.1 Å². The fourth-order valence-corrected chi connectivity index (χ4v) is 6.14. The van der Waals surface area contributed by atoms with Gasteiger partial charge in [-0.25, -0.2) is 9.59 Å². The molecule has 1 saturated carbocycles. The Bertz CT molecular complexity index is 1030. The summed E-state index contributed by atoms with van der Waals surface area (Å²) in [5.74, 6) is -4.16. The van der Waals surface area contributed by atoms with Crippen LogP contribution in [0.15, 0.2) is 36.3 Å². The molecule has 3 heterocycles. The second-order valence-electron chi connectivity index (χ2n) is 10.7. The summed E-state index contributed by atoms with van der Waals surface area (Å²) in [6.45, 7) is 4.61. The Labute approximate surface area is 236 Å². The number of esters is 2. The Morgan fingerprint density at radius 2 is 1.73 bits per heavy atom. The molecular weight excluding hydrogens is 548 g/mol. The van der Waals surface area contributed by atoms with Gasteiger partial charge in [0.25, 0.3) is 0 Å². The van der Waals surface area contributed by atoms with E-state index in [1.807, 2.05) is 0 Å². The van der Waals surface area contributed by atoms with Crippen LogP contribution in [-0.2, 0) is 38.0 Å². The molecule has 6 N–H and O–H groups in total. The van der Waals surface area contributed by atoms with Crippen LogP contribution in [0.4, 0.5) is 0 Å². The third kappa shape index (κ3) is 6.01. The van der Waals surface area contributed by atoms with Crippen molar-refractivity contribution >= 4 is 11.9 Å². The maximum Gasteiger partial charge on any atom is 0.337 e. The predicted octanol–water partition coefficient (Wildman–Crippen LogP) is -1.57. The minimum absolute atomic E-state index is 0.0835. The van der Waals surface area contributed by atoms with Crippen LogP contribution in [0, 0.1) is 29.6 Å². The Kier molecular flexibility index (Phi) is 10.1. The first-order valence-electron chi connectivity index (χ1n) is 13.5. The van der Waals surface area contributed by atoms with E-state index in [1.165, 1.54) is 19.4 Å². The number of fused-ring (bicyclic) bond motifs is 1. The normalized spacial score (nSPS) is 42.1. The highest BCUT2D eigenvalue weighted by Gasteiger charge is 2.53. The summed E-state index contributed by atoms with van der Waals surface area (Å²) < 4.78 is 32.8. The molecule has 4 aliphatic rings. The van der Waals surface area contributed by atoms with Gasteiger partial charge >= 0.3 is 11.9 Å². The Balaban J connectivity index is 1.50. The van der Waals surface area contributed by atoms with Gasteiger partial charge in [0.05, 0.1) is 37.4 Å². The minimum Gasteiger partial charge on any atom is -0.472 e. The number of hydrogen-bond acceptors (Lipinski definition) is 14. The van der Waals surface area contributed by atoms with Gasteiger partial charge in [0.2, 0.25) is 6.29 Å². The fraction of sp³-hybridized carbons (Fsp3) is 0.704. The van der Waals surface area contributed by atoms with Gasteiger partial charge in [-0.3, -0.25) is 0 Å². The molecule has 2 fully saturated rings. The highest BCUT2D eigenvalue weighted by atomic mass is 16.8. The molecule has 13 atom stereocenters. The van der Waals surface area contributed by atoms with Crippen molar-refractivity contribution in [1.82, 2.24) is 0 Å². The van der Waals surface area contributed by atoms with Gasteiger partial charge in [-0.2, -0.15) is 0 Å². The van der Waals surface area contributed by atoms with Gasteiger partial charge in [-0.1, -0.05) is 13.0 Å². The van der Waals surface area contributed by atoms with Crippen LogP contribution in [0.3, 0.4) is 0 Å². The lowest BCUT2D eigenvalue weighted by molar-refractivity contribution is -0.339. The number of methoxy groups -OCH3 is 1. The molecule has 1 saturated heterocycles. The van der Waals surface area contributed by atoms with Crippen LogP contribution in [0.5, 0.6) is 0 Å². The minimum atomic E-state index is -1.68. The third-order valence-electron chi connectivity index (χ3n) is 8.46. The van der Waals surface area contributed by atoms with Crippen molar-refractivity contribution in [1.29, 1.82) is 0 Å². The van der Waals surface area contributed by atoms with E-state index in [2.05, 4.69) is 6.58 Å². The zero-order valence-electron chi connectivity index (χ0n) is 22.7. The molecule has 41 heavy (non-hydrogen) atoms. The molecule has 14 heteroatoms. The molecule has 0 amide bonds. The largest absolute Gasteiger partial charge is 0.472 e. The van der Waals surface area contributed by atoms with Crippen LogP contribution in [0.2, 0.25) is 0 Å². The smallest absolute Gasteiger partial charge is 0.337 e. The Hall–Kier alpha value is -2.56. The van der Waals surface area contributed by atoms with Crippen molar-refractivity contribution in [3.8, 4) is 0 Å². The van der Waals surface area contributed by atoms with Gasteiger partial charge in [0.15, 0.2) is 12.6 Å². The molecule has 14 nitrogen and oxygen atoms in total. The van der Waals surface area contributed by atoms with E-state index in [4.69, 9.17) is 28.4 Å². The van der Waals surface area contributed by atoms with Crippen molar-refractivity contribution < 1.29 is 68.6 Å². The molecule has 0 radical (unpaired) electrons. The highest BCUT2D eigenvalue weighted by Crippen LogP contribution is 2.48. The van der Waals surface area contributed by atoms with Crippen molar-refractivity contribution in [2.24, 2.45) is 29.6 Å². The van der Waals surface area contributed by atoms with Gasteiger partial charge in [0.1, 0.15) is 30.5 Å². The molecule has 4 rings (SSSR count). The van der Waals surface area contributed by atoms with Crippen molar-refractivity contribution in [2.45, 2.75) is 69.2 Å². The highest BCUT2D eigenvalue weighted by molar-refractivity contribution is 5.90. The molecule has 0 aromatic heterocycles. The van der Waals surface area contributed by atoms with Crippen molar-refractivity contribution in [3.63, 3.8) is 0 Å². The van der Waals surface area contributed by atoms with Gasteiger partial charge in [0, 0.05) is 36.2 Å². The first-order chi connectivity index (χ1) is 19.6. The first-order valence-corrected chi connectivity index (χ1v) is 13.5. The number of aliphatic hydroxyl groups excluding tert-OH is 6. The van der Waals surface area contributed by atoms with E-state index in [0.29, 0.717) is 0 Å². The van der Waals surface area contributed by atoms with Crippen LogP contribution in [-0.4, -0.2) is 112 Å². The van der Waals surface area contributed by atoms with E-state index >= 15 is 0 Å². The number of aliphatic hydroxyl groups is 6. The zero-order chi connectivity index (χ0) is 30.0. The van der Waals surface area contributed by atoms with Crippen molar-refractivity contribution in [2.75, 3.05) is 20.3 Å². The lowest BCUT2D eigenvalue weighted by atomic mass is 9.81. The molecule has 0 aromatic rings. The molecule has 0 spiro atoms. The number of ether oxygens (including phenoxy) is 6. The molecule has 0 bridgehead atoms. The lowest BCUT2D eigenvalue weighted by Crippen LogP contribution is -2.60. The standard InChI is InChI=1S/C27H38O14/c1-4-12-13(5-6-28)15(10-38-26(12)41-27-22(32)21(31)20(30)18(8-29)40-27)24(34)39-17-7-14-16(23(33)36-3)9-37-25(35)19(14)11(17)2/h4,9-14,17-22,25-32,35H,1,5-8H2,2-3H3/t11-,12-,13-,14+,17-,18+,19-,20-,21-,22+,25+,26-,27-/m0/s1. The van der Waals surface area contributed by atoms with Crippen LogP contribution >= 0.6 is 0 Å². The molecule has 3 aliphatic heterocycles. The molecule has 0 unspecified atom stereocenters. The average molecular weight is 587 g/mol. The summed E-state index contributed by atoms with van der Waals surface area (Å²) in [6, 6.07) is 0. The number of carbonyl (C=O) groups is 2. The van der Waals surface area contributed by atoms with E-state index in [0.717, 1.165) is 6.26 Å². The lowest BCUT2D eigenvalue weighted by Gasteiger charge is -2.43. The van der Waals surface area contributed by atoms with E-state index in [-0.39, 0.29) is 36.5 Å². The van der Waals surface area contributed by atoms with Crippen LogP contribution < -0.4 is 0 Å². The second kappa shape index (κ2) is 13.2. The van der Waals surface area contributed by atoms with E-state index in [1.54, 1.807) is 6.92 Å². The summed E-state index contributed by atoms with van der Waals surface area (Å²) in [5, 5.41) is 60.1. The topological polar surface area (TPSA) is 211 Å². The maximum absolute atomic E-state index is 13.4. The number of hydrogen-bond donors (Lipinski definition) is 6. The number of carbonyl (C=O) groups excluding carboxylic acids is 2. The Morgan fingerprint density at radius 1 is 1.02 bits per heavy atom. The van der Waals surface area contributed by atoms with Gasteiger partial charge in [-0.05, 0) is 12.8 Å². The molecule has 1 aliphatic carbocycles. The second-order valence-corrected chi connectivity index (χ2v) is 10.7. The predicted molar refractivity (Wildman–Crippen MR) is 135 cm³/mol. The fourth-order valence-electron chi connectivity index (χ4n) is 6.14. The molecule has 230 valence electrons. The molecule has 0 aromatic carbocycles. The SMILES string of the molecule is C=C[C@@H]1[C@H](O[C@@H]2O[C@H](CO)[C@H](O)[C@H](O)[C@H]2O)OC=C(C(=O)O[C@H]2C[C@@H]3C(C(=O)OC)=CO[C@@H](O)[C@H]3[C@H]2C)[C@H]1CCO. The summed E-state index contributed by atoms with van der Waals surface area (Å²) in [5.41, 5.74) is 0.326. The molecular formula is C27H38O14. The monoisotopic (exact) mass is 586 g/mol. The maximum atomic E-state index is 13.4. The van der Waals surface area contributed by atoms with E-state index < -0.39 is 91.6 Å². The first kappa shape index (κ1) is 31.4. The van der Waals surface area contributed by atoms with Crippen LogP contribution in [0.1, 0.15) is 19.8 Å². The van der Waals surface area contributed by atoms with Gasteiger partial charge in [-0.15, -0.1) is 6.58 Å². The van der Waals surface area contributed by atoms with Crippen LogP contribution in [0.25, 0.3) is 0 Å². The zero-order valence-corrected chi connectivity index (χ0v) is 22.7. The summed E-state index contributed by atoms with van der Waals surface area (Å²) in [6.07, 6.45) is -6.61.